The zero-order chi connectivity index (χ0) is 13.2. The number of amides is 1. The van der Waals surface area contributed by atoms with Crippen molar-refractivity contribution in [3.05, 3.63) is 48.0 Å². The maximum Gasteiger partial charge on any atom is 0.259 e. The van der Waals surface area contributed by atoms with Crippen molar-refractivity contribution in [1.82, 2.24) is 0 Å². The van der Waals surface area contributed by atoms with Crippen molar-refractivity contribution >= 4 is 11.6 Å². The Balaban J connectivity index is 1.88. The van der Waals surface area contributed by atoms with Gasteiger partial charge in [0.25, 0.3) is 5.91 Å². The van der Waals surface area contributed by atoms with Gasteiger partial charge >= 0.3 is 0 Å². The first kappa shape index (κ1) is 11.4. The number of phenols is 1. The number of benzene rings is 2. The van der Waals surface area contributed by atoms with Gasteiger partial charge in [-0.2, -0.15) is 0 Å². The predicted molar refractivity (Wildman–Crippen MR) is 68.6 cm³/mol. The molecule has 5 heteroatoms. The Kier molecular flexibility index (Phi) is 2.72. The van der Waals surface area contributed by atoms with Crippen molar-refractivity contribution in [2.45, 2.75) is 0 Å². The number of aromatic hydroxyl groups is 1. The molecule has 5 nitrogen and oxygen atoms in total. The Hall–Kier alpha value is -2.69. The van der Waals surface area contributed by atoms with Crippen molar-refractivity contribution in [2.24, 2.45) is 0 Å². The maximum absolute atomic E-state index is 12.1. The second-order valence-electron chi connectivity index (χ2n) is 4.04. The first-order valence-electron chi connectivity index (χ1n) is 5.73. The molecule has 3 rings (SSSR count). The lowest BCUT2D eigenvalue weighted by atomic mass is 10.1. The Morgan fingerprint density at radius 1 is 1.11 bits per heavy atom. The van der Waals surface area contributed by atoms with Crippen LogP contribution >= 0.6 is 0 Å². The van der Waals surface area contributed by atoms with Gasteiger partial charge in [0.15, 0.2) is 11.5 Å². The smallest absolute Gasteiger partial charge is 0.259 e. The van der Waals surface area contributed by atoms with Gasteiger partial charge in [-0.3, -0.25) is 4.79 Å². The van der Waals surface area contributed by atoms with Crippen LogP contribution in [-0.4, -0.2) is 17.8 Å². The number of anilines is 1. The van der Waals surface area contributed by atoms with Crippen LogP contribution in [0.25, 0.3) is 0 Å². The summed E-state index contributed by atoms with van der Waals surface area (Å²) >= 11 is 0. The summed E-state index contributed by atoms with van der Waals surface area (Å²) in [6.07, 6.45) is 0. The Bertz CT molecular complexity index is 625. The molecule has 0 atom stereocenters. The highest BCUT2D eigenvalue weighted by atomic mass is 16.7. The number of rotatable bonds is 2. The third-order valence-corrected chi connectivity index (χ3v) is 2.77. The third kappa shape index (κ3) is 2.18. The molecule has 2 aromatic carbocycles. The van der Waals surface area contributed by atoms with Gasteiger partial charge in [0.05, 0.1) is 5.56 Å². The molecule has 1 aliphatic heterocycles. The van der Waals surface area contributed by atoms with Crippen LogP contribution in [0.15, 0.2) is 42.5 Å². The molecule has 2 N–H and O–H groups in total. The van der Waals surface area contributed by atoms with Crippen LogP contribution in [-0.2, 0) is 0 Å². The molecule has 0 saturated carbocycles. The first-order chi connectivity index (χ1) is 9.24. The van der Waals surface area contributed by atoms with Crippen LogP contribution < -0.4 is 14.8 Å². The monoisotopic (exact) mass is 257 g/mol. The molecule has 0 fully saturated rings. The highest BCUT2D eigenvalue weighted by Gasteiger charge is 2.20. The normalized spacial score (nSPS) is 12.2. The third-order valence-electron chi connectivity index (χ3n) is 2.77. The zero-order valence-corrected chi connectivity index (χ0v) is 9.92. The molecule has 96 valence electrons. The van der Waals surface area contributed by atoms with Crippen LogP contribution in [0.5, 0.6) is 17.2 Å². The van der Waals surface area contributed by atoms with Gasteiger partial charge in [0.1, 0.15) is 5.75 Å². The molecular formula is C14H11NO4. The van der Waals surface area contributed by atoms with E-state index in [1.54, 1.807) is 12.1 Å². The molecule has 0 saturated heterocycles. The summed E-state index contributed by atoms with van der Waals surface area (Å²) in [5.74, 6) is 0.351. The Morgan fingerprint density at radius 2 is 1.79 bits per heavy atom. The van der Waals surface area contributed by atoms with E-state index in [-0.39, 0.29) is 18.1 Å². The lowest BCUT2D eigenvalue weighted by Crippen LogP contribution is -2.11. The van der Waals surface area contributed by atoms with Crippen LogP contribution in [0.1, 0.15) is 10.4 Å². The molecule has 0 unspecified atom stereocenters. The van der Waals surface area contributed by atoms with Crippen LogP contribution in [0.2, 0.25) is 0 Å². The van der Waals surface area contributed by atoms with E-state index < -0.39 is 5.91 Å². The number of nitrogens with one attached hydrogen (secondary N) is 1. The lowest BCUT2D eigenvalue weighted by Gasteiger charge is -2.07. The van der Waals surface area contributed by atoms with Gasteiger partial charge in [-0.15, -0.1) is 0 Å². The molecule has 19 heavy (non-hydrogen) atoms. The lowest BCUT2D eigenvalue weighted by molar-refractivity contribution is 0.102. The van der Waals surface area contributed by atoms with Crippen LogP contribution in [0, 0.1) is 0 Å². The standard InChI is InChI=1S/C14H11NO4/c16-11-7-13-12(18-8-19-13)6-10(11)14(17)15-9-4-2-1-3-5-9/h1-7,16H,8H2,(H,15,17). The first-order valence-corrected chi connectivity index (χ1v) is 5.73. The van der Waals surface area contributed by atoms with E-state index in [0.29, 0.717) is 17.2 Å². The van der Waals surface area contributed by atoms with Gasteiger partial charge in [-0.1, -0.05) is 18.2 Å². The van der Waals surface area contributed by atoms with E-state index in [1.165, 1.54) is 12.1 Å². The maximum atomic E-state index is 12.1. The minimum Gasteiger partial charge on any atom is -0.507 e. The second kappa shape index (κ2) is 4.53. The summed E-state index contributed by atoms with van der Waals surface area (Å²) in [6.45, 7) is 0.0958. The number of fused-ring (bicyclic) bond motifs is 1. The van der Waals surface area contributed by atoms with Gasteiger partial charge in [-0.25, -0.2) is 0 Å². The number of carbonyl (C=O) groups excluding carboxylic acids is 1. The van der Waals surface area contributed by atoms with Gasteiger partial charge in [0, 0.05) is 17.8 Å². The molecule has 2 aromatic rings. The fourth-order valence-corrected chi connectivity index (χ4v) is 1.83. The fourth-order valence-electron chi connectivity index (χ4n) is 1.83. The van der Waals surface area contributed by atoms with Crippen LogP contribution in [0.4, 0.5) is 5.69 Å². The summed E-state index contributed by atoms with van der Waals surface area (Å²) in [5.41, 5.74) is 0.803. The molecule has 0 radical (unpaired) electrons. The summed E-state index contributed by atoms with van der Waals surface area (Å²) in [6, 6.07) is 11.9. The highest BCUT2D eigenvalue weighted by Crippen LogP contribution is 2.37. The average molecular weight is 257 g/mol. The van der Waals surface area contributed by atoms with Gasteiger partial charge in [-0.05, 0) is 12.1 Å². The average Bonchev–Trinajstić information content (AvgIpc) is 2.86. The number of carbonyl (C=O) groups is 1. The molecule has 1 amide bonds. The van der Waals surface area contributed by atoms with Crippen molar-refractivity contribution < 1.29 is 19.4 Å². The summed E-state index contributed by atoms with van der Waals surface area (Å²) in [5, 5.41) is 12.5. The van der Waals surface area contributed by atoms with Crippen molar-refractivity contribution in [1.29, 1.82) is 0 Å². The predicted octanol–water partition coefficient (Wildman–Crippen LogP) is 2.37. The van der Waals surface area contributed by atoms with Crippen molar-refractivity contribution in [3.8, 4) is 17.2 Å². The summed E-state index contributed by atoms with van der Waals surface area (Å²) < 4.78 is 10.3. The minimum atomic E-state index is -0.401. The largest absolute Gasteiger partial charge is 0.507 e. The van der Waals surface area contributed by atoms with Gasteiger partial charge in [0.2, 0.25) is 6.79 Å². The number of para-hydroxylation sites is 1. The van der Waals surface area contributed by atoms with E-state index >= 15 is 0 Å². The topological polar surface area (TPSA) is 67.8 Å². The molecule has 0 spiro atoms. The molecule has 1 aliphatic rings. The van der Waals surface area contributed by atoms with E-state index in [0.717, 1.165) is 0 Å². The minimum absolute atomic E-state index is 0.0958. The van der Waals surface area contributed by atoms with Gasteiger partial charge < -0.3 is 19.9 Å². The molecule has 0 aliphatic carbocycles. The molecule has 0 aromatic heterocycles. The highest BCUT2D eigenvalue weighted by molar-refractivity contribution is 6.06. The Morgan fingerprint density at radius 3 is 2.53 bits per heavy atom. The second-order valence-corrected chi connectivity index (χ2v) is 4.04. The number of ether oxygens (including phenoxy) is 2. The SMILES string of the molecule is O=C(Nc1ccccc1)c1cc2c(cc1O)OCO2. The van der Waals surface area contributed by atoms with E-state index in [2.05, 4.69) is 5.32 Å². The number of phenolic OH excluding ortho intramolecular Hbond substituents is 1. The summed E-state index contributed by atoms with van der Waals surface area (Å²) in [4.78, 5) is 12.1. The molecular weight excluding hydrogens is 246 g/mol. The van der Waals surface area contributed by atoms with E-state index in [9.17, 15) is 9.90 Å². The molecule has 0 bridgehead atoms. The van der Waals surface area contributed by atoms with Crippen molar-refractivity contribution in [2.75, 3.05) is 12.1 Å². The van der Waals surface area contributed by atoms with E-state index in [4.69, 9.17) is 9.47 Å². The van der Waals surface area contributed by atoms with E-state index in [1.807, 2.05) is 18.2 Å². The van der Waals surface area contributed by atoms with Crippen molar-refractivity contribution in [3.63, 3.8) is 0 Å². The Labute approximate surface area is 109 Å². The fraction of sp³-hybridized carbons (Fsp3) is 0.0714. The number of hydrogen-bond donors (Lipinski definition) is 2. The quantitative estimate of drug-likeness (QED) is 0.866. The molecule has 1 heterocycles. The zero-order valence-electron chi connectivity index (χ0n) is 9.92. The van der Waals surface area contributed by atoms with Crippen LogP contribution in [0.3, 0.4) is 0 Å². The number of hydrogen-bond acceptors (Lipinski definition) is 4. The summed E-state index contributed by atoms with van der Waals surface area (Å²) in [7, 11) is 0.